The van der Waals surface area contributed by atoms with E-state index in [4.69, 9.17) is 18.6 Å². The van der Waals surface area contributed by atoms with Gasteiger partial charge in [-0.05, 0) is 25.1 Å². The predicted octanol–water partition coefficient (Wildman–Crippen LogP) is 4.71. The molecule has 2 N–H and O–H groups in total. The van der Waals surface area contributed by atoms with E-state index < -0.39 is 0 Å². The van der Waals surface area contributed by atoms with Gasteiger partial charge in [-0.15, -0.1) is 24.0 Å². The number of ether oxygens (including phenoxy) is 3. The van der Waals surface area contributed by atoms with Gasteiger partial charge < -0.3 is 29.3 Å². The smallest absolute Gasteiger partial charge is 0.203 e. The Kier molecular flexibility index (Phi) is 8.16. The molecule has 9 heteroatoms. The van der Waals surface area contributed by atoms with E-state index in [9.17, 15) is 4.39 Å². The number of hydrogen-bond acceptors (Lipinski definition) is 5. The average molecular weight is 529 g/mol. The first-order valence-electron chi connectivity index (χ1n) is 8.96. The molecule has 3 aromatic rings. The number of fused-ring (bicyclic) bond motifs is 1. The quantitative estimate of drug-likeness (QED) is 0.274. The Morgan fingerprint density at radius 1 is 1.07 bits per heavy atom. The van der Waals surface area contributed by atoms with Crippen LogP contribution >= 0.6 is 24.0 Å². The second-order valence-corrected chi connectivity index (χ2v) is 6.26. The molecule has 0 atom stereocenters. The van der Waals surface area contributed by atoms with Gasteiger partial charge in [0.2, 0.25) is 5.75 Å². The molecule has 162 valence electrons. The zero-order valence-corrected chi connectivity index (χ0v) is 19.8. The second kappa shape index (κ2) is 10.4. The van der Waals surface area contributed by atoms with Crippen molar-refractivity contribution in [2.24, 2.45) is 4.99 Å². The number of halogens is 2. The van der Waals surface area contributed by atoms with Crippen LogP contribution < -0.4 is 24.8 Å². The minimum atomic E-state index is -0.291. The molecule has 0 spiro atoms. The minimum absolute atomic E-state index is 0. The van der Waals surface area contributed by atoms with Gasteiger partial charge in [0.25, 0.3) is 0 Å². The van der Waals surface area contributed by atoms with Crippen LogP contribution in [-0.4, -0.2) is 34.3 Å². The molecule has 0 saturated carbocycles. The average Bonchev–Trinajstić information content (AvgIpc) is 3.05. The zero-order valence-electron chi connectivity index (χ0n) is 17.5. The molecule has 0 aliphatic carbocycles. The van der Waals surface area contributed by atoms with Crippen LogP contribution in [0.15, 0.2) is 39.7 Å². The van der Waals surface area contributed by atoms with Gasteiger partial charge in [0.15, 0.2) is 17.5 Å². The van der Waals surface area contributed by atoms with E-state index in [0.29, 0.717) is 46.8 Å². The number of nitrogens with zero attached hydrogens (tertiary/aromatic N) is 1. The lowest BCUT2D eigenvalue weighted by molar-refractivity contribution is 0.324. The molecular formula is C21H25FIN3O4. The summed E-state index contributed by atoms with van der Waals surface area (Å²) in [7, 11) is 6.33. The van der Waals surface area contributed by atoms with Crippen molar-refractivity contribution in [3.05, 3.63) is 47.5 Å². The van der Waals surface area contributed by atoms with Crippen LogP contribution in [0.3, 0.4) is 0 Å². The first-order valence-corrected chi connectivity index (χ1v) is 8.96. The predicted molar refractivity (Wildman–Crippen MR) is 126 cm³/mol. The Morgan fingerprint density at radius 3 is 2.30 bits per heavy atom. The van der Waals surface area contributed by atoms with Crippen molar-refractivity contribution in [3.63, 3.8) is 0 Å². The fourth-order valence-corrected chi connectivity index (χ4v) is 3.05. The topological polar surface area (TPSA) is 77.3 Å². The molecule has 30 heavy (non-hydrogen) atoms. The maximum absolute atomic E-state index is 13.5. The van der Waals surface area contributed by atoms with Crippen molar-refractivity contribution in [1.82, 2.24) is 5.32 Å². The highest BCUT2D eigenvalue weighted by molar-refractivity contribution is 14.0. The normalized spacial score (nSPS) is 11.1. The summed E-state index contributed by atoms with van der Waals surface area (Å²) in [5.41, 5.74) is 2.24. The summed E-state index contributed by atoms with van der Waals surface area (Å²) in [6.07, 6.45) is 0. The van der Waals surface area contributed by atoms with Gasteiger partial charge in [-0.25, -0.2) is 4.39 Å². The van der Waals surface area contributed by atoms with E-state index in [0.717, 1.165) is 10.9 Å². The fourth-order valence-electron chi connectivity index (χ4n) is 3.05. The van der Waals surface area contributed by atoms with Gasteiger partial charge in [-0.3, -0.25) is 4.99 Å². The lowest BCUT2D eigenvalue weighted by atomic mass is 10.1. The number of furan rings is 1. The van der Waals surface area contributed by atoms with Crippen LogP contribution in [0, 0.1) is 12.7 Å². The summed E-state index contributed by atoms with van der Waals surface area (Å²) in [4.78, 5) is 4.23. The number of benzene rings is 2. The Hall–Kier alpha value is -2.69. The molecule has 0 aliphatic heterocycles. The molecule has 0 bridgehead atoms. The molecule has 2 aromatic carbocycles. The van der Waals surface area contributed by atoms with Crippen molar-refractivity contribution in [2.45, 2.75) is 13.5 Å². The van der Waals surface area contributed by atoms with Gasteiger partial charge in [-0.1, -0.05) is 0 Å². The van der Waals surface area contributed by atoms with Gasteiger partial charge in [0.1, 0.15) is 17.2 Å². The molecule has 1 heterocycles. The van der Waals surface area contributed by atoms with Crippen molar-refractivity contribution in [3.8, 4) is 17.2 Å². The second-order valence-electron chi connectivity index (χ2n) is 6.26. The first kappa shape index (κ1) is 23.6. The van der Waals surface area contributed by atoms with Crippen LogP contribution in [0.1, 0.15) is 11.3 Å². The molecule has 0 unspecified atom stereocenters. The van der Waals surface area contributed by atoms with Gasteiger partial charge in [0, 0.05) is 35.8 Å². The summed E-state index contributed by atoms with van der Waals surface area (Å²) in [5, 5.41) is 7.14. The number of rotatable bonds is 6. The van der Waals surface area contributed by atoms with Crippen LogP contribution in [-0.2, 0) is 6.54 Å². The van der Waals surface area contributed by atoms with E-state index >= 15 is 0 Å². The Morgan fingerprint density at radius 2 is 1.73 bits per heavy atom. The van der Waals surface area contributed by atoms with Crippen LogP contribution in [0.2, 0.25) is 0 Å². The summed E-state index contributed by atoms with van der Waals surface area (Å²) in [6, 6.07) is 8.05. The van der Waals surface area contributed by atoms with Crippen molar-refractivity contribution in [2.75, 3.05) is 33.7 Å². The lowest BCUT2D eigenvalue weighted by Crippen LogP contribution is -2.30. The number of aliphatic imine (C=N–C) groups is 1. The molecule has 7 nitrogen and oxygen atoms in total. The molecule has 1 aromatic heterocycles. The molecule has 0 saturated heterocycles. The summed E-state index contributed by atoms with van der Waals surface area (Å²) in [5.74, 6) is 2.50. The van der Waals surface area contributed by atoms with Crippen LogP contribution in [0.5, 0.6) is 17.2 Å². The fraction of sp³-hybridized carbons (Fsp3) is 0.286. The third-order valence-corrected chi connectivity index (χ3v) is 4.56. The minimum Gasteiger partial charge on any atom is -0.493 e. The van der Waals surface area contributed by atoms with Gasteiger partial charge in [-0.2, -0.15) is 0 Å². The van der Waals surface area contributed by atoms with E-state index in [1.54, 1.807) is 46.6 Å². The molecule has 0 aliphatic rings. The monoisotopic (exact) mass is 529 g/mol. The maximum Gasteiger partial charge on any atom is 0.203 e. The Labute approximate surface area is 191 Å². The summed E-state index contributed by atoms with van der Waals surface area (Å²) >= 11 is 0. The van der Waals surface area contributed by atoms with Crippen LogP contribution in [0.25, 0.3) is 11.0 Å². The Balaban J connectivity index is 0.00000320. The van der Waals surface area contributed by atoms with Crippen LogP contribution in [0.4, 0.5) is 10.1 Å². The van der Waals surface area contributed by atoms with Gasteiger partial charge >= 0.3 is 0 Å². The molecular weight excluding hydrogens is 504 g/mol. The largest absolute Gasteiger partial charge is 0.493 e. The van der Waals surface area contributed by atoms with E-state index in [2.05, 4.69) is 15.6 Å². The molecule has 0 amide bonds. The number of anilines is 1. The highest BCUT2D eigenvalue weighted by Gasteiger charge is 2.15. The summed E-state index contributed by atoms with van der Waals surface area (Å²) < 4.78 is 35.4. The summed E-state index contributed by atoms with van der Waals surface area (Å²) in [6.45, 7) is 2.28. The highest BCUT2D eigenvalue weighted by Crippen LogP contribution is 2.39. The number of methoxy groups -OCH3 is 3. The van der Waals surface area contributed by atoms with E-state index in [-0.39, 0.29) is 29.8 Å². The maximum atomic E-state index is 13.5. The molecule has 3 rings (SSSR count). The third-order valence-electron chi connectivity index (χ3n) is 4.56. The number of aryl methyl sites for hydroxylation is 1. The SMILES string of the molecule is CN=C(NCc1oc2ccc(F)cc2c1C)Nc1cc(OC)c(OC)c(OC)c1.I. The Bertz CT molecular complexity index is 1030. The number of guanidine groups is 1. The van der Waals surface area contributed by atoms with E-state index in [1.165, 1.54) is 12.1 Å². The van der Waals surface area contributed by atoms with Crippen molar-refractivity contribution >= 4 is 46.6 Å². The zero-order chi connectivity index (χ0) is 21.0. The lowest BCUT2D eigenvalue weighted by Gasteiger charge is -2.16. The number of hydrogen-bond donors (Lipinski definition) is 2. The standard InChI is InChI=1S/C21H24FN3O4.HI/c1-12-15-8-13(22)6-7-16(15)29-19(12)11-24-21(23-2)25-14-9-17(26-3)20(28-5)18(10-14)27-4;/h6-10H,11H2,1-5H3,(H2,23,24,25);1H. The number of nitrogens with one attached hydrogen (secondary N) is 2. The third kappa shape index (κ3) is 4.89. The molecule has 0 fully saturated rings. The van der Waals surface area contributed by atoms with E-state index in [1.807, 2.05) is 6.92 Å². The first-order chi connectivity index (χ1) is 14.0. The van der Waals surface area contributed by atoms with Crippen molar-refractivity contribution in [1.29, 1.82) is 0 Å². The van der Waals surface area contributed by atoms with Gasteiger partial charge in [0.05, 0.1) is 27.9 Å². The molecule has 0 radical (unpaired) electrons. The highest BCUT2D eigenvalue weighted by atomic mass is 127. The van der Waals surface area contributed by atoms with Crippen molar-refractivity contribution < 1.29 is 23.0 Å².